The molecule has 0 aliphatic rings. The molecule has 0 aliphatic carbocycles. The molecule has 1 rings (SSSR count). The van der Waals surface area contributed by atoms with Crippen LogP contribution in [0.2, 0.25) is 0 Å². The van der Waals surface area contributed by atoms with Crippen LogP contribution in [0.1, 0.15) is 11.7 Å². The predicted molar refractivity (Wildman–Crippen MR) is 57.9 cm³/mol. The summed E-state index contributed by atoms with van der Waals surface area (Å²) in [7, 11) is 0. The van der Waals surface area contributed by atoms with Crippen molar-refractivity contribution in [3.63, 3.8) is 0 Å². The molecule has 0 aliphatic heterocycles. The molecule has 1 aromatic carbocycles. The second-order valence-electron chi connectivity index (χ2n) is 3.13. The standard InChI is InChI=1S/C10H14N2O4/c11-7-10(16-6-5-13)8-3-1-2-4-9(8)12(14)15/h1-4,10,13H,5-7,11H2. The molecule has 0 aromatic heterocycles. The van der Waals surface area contributed by atoms with Crippen molar-refractivity contribution in [3.8, 4) is 0 Å². The summed E-state index contributed by atoms with van der Waals surface area (Å²) in [5, 5.41) is 19.4. The number of para-hydroxylation sites is 1. The molecule has 6 nitrogen and oxygen atoms in total. The normalized spacial score (nSPS) is 12.4. The zero-order valence-corrected chi connectivity index (χ0v) is 8.70. The average Bonchev–Trinajstić information content (AvgIpc) is 2.30. The fourth-order valence-corrected chi connectivity index (χ4v) is 1.41. The van der Waals surface area contributed by atoms with Crippen molar-refractivity contribution in [1.29, 1.82) is 0 Å². The number of nitrogens with zero attached hydrogens (tertiary/aromatic N) is 1. The van der Waals surface area contributed by atoms with E-state index in [-0.39, 0.29) is 25.4 Å². The Bertz CT molecular complexity index is 356. The van der Waals surface area contributed by atoms with E-state index in [0.29, 0.717) is 5.56 Å². The van der Waals surface area contributed by atoms with Crippen LogP contribution in [-0.4, -0.2) is 29.8 Å². The second-order valence-corrected chi connectivity index (χ2v) is 3.13. The van der Waals surface area contributed by atoms with E-state index in [9.17, 15) is 10.1 Å². The van der Waals surface area contributed by atoms with E-state index in [1.54, 1.807) is 18.2 Å². The largest absolute Gasteiger partial charge is 0.394 e. The van der Waals surface area contributed by atoms with Crippen molar-refractivity contribution in [2.24, 2.45) is 5.73 Å². The summed E-state index contributed by atoms with van der Waals surface area (Å²) in [4.78, 5) is 10.3. The van der Waals surface area contributed by atoms with Crippen molar-refractivity contribution in [2.75, 3.05) is 19.8 Å². The highest BCUT2D eigenvalue weighted by molar-refractivity contribution is 5.41. The third kappa shape index (κ3) is 2.99. The van der Waals surface area contributed by atoms with E-state index in [4.69, 9.17) is 15.6 Å². The minimum atomic E-state index is -0.561. The summed E-state index contributed by atoms with van der Waals surface area (Å²) in [5.74, 6) is 0. The van der Waals surface area contributed by atoms with Crippen LogP contribution in [0.15, 0.2) is 24.3 Å². The van der Waals surface area contributed by atoms with E-state index < -0.39 is 11.0 Å². The lowest BCUT2D eigenvalue weighted by Crippen LogP contribution is -2.18. The smallest absolute Gasteiger partial charge is 0.275 e. The van der Waals surface area contributed by atoms with Crippen LogP contribution < -0.4 is 5.73 Å². The SMILES string of the molecule is NCC(OCCO)c1ccccc1[N+](=O)[O-]. The number of nitrogens with two attached hydrogens (primary N) is 1. The molecule has 0 amide bonds. The summed E-state index contributed by atoms with van der Waals surface area (Å²) < 4.78 is 5.24. The number of nitro groups is 1. The third-order valence-corrected chi connectivity index (χ3v) is 2.10. The molecule has 0 saturated carbocycles. The fraction of sp³-hybridized carbons (Fsp3) is 0.400. The minimum Gasteiger partial charge on any atom is -0.394 e. The Morgan fingerprint density at radius 1 is 1.50 bits per heavy atom. The molecule has 1 atom stereocenters. The van der Waals surface area contributed by atoms with E-state index >= 15 is 0 Å². The van der Waals surface area contributed by atoms with Crippen molar-refractivity contribution >= 4 is 5.69 Å². The molecule has 1 aromatic rings. The first-order chi connectivity index (χ1) is 7.70. The van der Waals surface area contributed by atoms with Crippen LogP contribution in [0.4, 0.5) is 5.69 Å². The Hall–Kier alpha value is -1.50. The molecule has 0 radical (unpaired) electrons. The Morgan fingerprint density at radius 3 is 2.75 bits per heavy atom. The maximum absolute atomic E-state index is 10.8. The lowest BCUT2D eigenvalue weighted by Gasteiger charge is -2.15. The summed E-state index contributed by atoms with van der Waals surface area (Å²) in [6.07, 6.45) is -0.561. The highest BCUT2D eigenvalue weighted by atomic mass is 16.6. The zero-order valence-electron chi connectivity index (χ0n) is 8.70. The minimum absolute atomic E-state index is 0.0177. The Kier molecular flexibility index (Phi) is 4.84. The van der Waals surface area contributed by atoms with Crippen molar-refractivity contribution in [2.45, 2.75) is 6.10 Å². The van der Waals surface area contributed by atoms with Gasteiger partial charge in [0.2, 0.25) is 0 Å². The molecule has 0 heterocycles. The van der Waals surface area contributed by atoms with Gasteiger partial charge in [0.25, 0.3) is 5.69 Å². The Labute approximate surface area is 92.8 Å². The summed E-state index contributed by atoms with van der Waals surface area (Å²) in [6.45, 7) is 0.0932. The van der Waals surface area contributed by atoms with Gasteiger partial charge in [-0.3, -0.25) is 10.1 Å². The number of ether oxygens (including phenoxy) is 1. The number of rotatable bonds is 6. The van der Waals surface area contributed by atoms with Crippen LogP contribution in [0.25, 0.3) is 0 Å². The highest BCUT2D eigenvalue weighted by Crippen LogP contribution is 2.26. The lowest BCUT2D eigenvalue weighted by molar-refractivity contribution is -0.386. The number of hydrogen-bond donors (Lipinski definition) is 2. The van der Waals surface area contributed by atoms with Gasteiger partial charge in [-0.25, -0.2) is 0 Å². The van der Waals surface area contributed by atoms with Crippen molar-refractivity contribution < 1.29 is 14.8 Å². The average molecular weight is 226 g/mol. The number of benzene rings is 1. The van der Waals surface area contributed by atoms with Crippen LogP contribution in [0.3, 0.4) is 0 Å². The van der Waals surface area contributed by atoms with Crippen molar-refractivity contribution in [1.82, 2.24) is 0 Å². The molecule has 3 N–H and O–H groups in total. The monoisotopic (exact) mass is 226 g/mol. The van der Waals surface area contributed by atoms with Gasteiger partial charge in [0.1, 0.15) is 6.10 Å². The van der Waals surface area contributed by atoms with Gasteiger partial charge in [0.05, 0.1) is 23.7 Å². The fourth-order valence-electron chi connectivity index (χ4n) is 1.41. The van der Waals surface area contributed by atoms with Gasteiger partial charge in [0, 0.05) is 12.6 Å². The first kappa shape index (κ1) is 12.6. The van der Waals surface area contributed by atoms with Crippen LogP contribution >= 0.6 is 0 Å². The number of nitro benzene ring substituents is 1. The second kappa shape index (κ2) is 6.16. The number of aliphatic hydroxyl groups is 1. The number of hydrogen-bond acceptors (Lipinski definition) is 5. The Balaban J connectivity index is 2.94. The first-order valence-corrected chi connectivity index (χ1v) is 4.86. The van der Waals surface area contributed by atoms with Crippen molar-refractivity contribution in [3.05, 3.63) is 39.9 Å². The van der Waals surface area contributed by atoms with E-state index in [1.807, 2.05) is 0 Å². The molecule has 1 unspecified atom stereocenters. The maximum Gasteiger partial charge on any atom is 0.275 e. The molecule has 0 spiro atoms. The molecule has 88 valence electrons. The molecule has 0 bridgehead atoms. The quantitative estimate of drug-likeness (QED) is 0.546. The van der Waals surface area contributed by atoms with Gasteiger partial charge >= 0.3 is 0 Å². The Morgan fingerprint density at radius 2 is 2.19 bits per heavy atom. The summed E-state index contributed by atoms with van der Waals surface area (Å²) in [5.41, 5.74) is 5.90. The molecular formula is C10H14N2O4. The molecule has 0 fully saturated rings. The summed E-state index contributed by atoms with van der Waals surface area (Å²) >= 11 is 0. The first-order valence-electron chi connectivity index (χ1n) is 4.86. The predicted octanol–water partition coefficient (Wildman–Crippen LogP) is 0.603. The maximum atomic E-state index is 10.8. The number of aliphatic hydroxyl groups excluding tert-OH is 1. The summed E-state index contributed by atoms with van der Waals surface area (Å²) in [6, 6.07) is 6.28. The van der Waals surface area contributed by atoms with Gasteiger partial charge in [-0.05, 0) is 6.07 Å². The zero-order chi connectivity index (χ0) is 12.0. The molecule has 16 heavy (non-hydrogen) atoms. The molecule has 6 heteroatoms. The van der Waals surface area contributed by atoms with E-state index in [0.717, 1.165) is 0 Å². The van der Waals surface area contributed by atoms with Crippen LogP contribution in [-0.2, 0) is 4.74 Å². The van der Waals surface area contributed by atoms with Gasteiger partial charge in [-0.15, -0.1) is 0 Å². The third-order valence-electron chi connectivity index (χ3n) is 2.10. The van der Waals surface area contributed by atoms with Gasteiger partial charge in [-0.1, -0.05) is 12.1 Å². The van der Waals surface area contributed by atoms with Gasteiger partial charge in [-0.2, -0.15) is 0 Å². The van der Waals surface area contributed by atoms with Crippen LogP contribution in [0, 0.1) is 10.1 Å². The van der Waals surface area contributed by atoms with E-state index in [1.165, 1.54) is 6.07 Å². The van der Waals surface area contributed by atoms with Gasteiger partial charge < -0.3 is 15.6 Å². The lowest BCUT2D eigenvalue weighted by atomic mass is 10.1. The van der Waals surface area contributed by atoms with Crippen LogP contribution in [0.5, 0.6) is 0 Å². The molecular weight excluding hydrogens is 212 g/mol. The van der Waals surface area contributed by atoms with E-state index in [2.05, 4.69) is 0 Å². The van der Waals surface area contributed by atoms with Gasteiger partial charge in [0.15, 0.2) is 0 Å². The highest BCUT2D eigenvalue weighted by Gasteiger charge is 2.20. The molecule has 0 saturated heterocycles. The topological polar surface area (TPSA) is 98.6 Å².